The second kappa shape index (κ2) is 10.7. The number of benzene rings is 2. The Morgan fingerprint density at radius 3 is 2.50 bits per heavy atom. The van der Waals surface area contributed by atoms with Crippen LogP contribution in [0.2, 0.25) is 0 Å². The molecule has 0 atom stereocenters. The molecule has 2 aromatic carbocycles. The van der Waals surface area contributed by atoms with E-state index in [2.05, 4.69) is 32.2 Å². The van der Waals surface area contributed by atoms with Crippen LogP contribution in [0.1, 0.15) is 16.1 Å². The van der Waals surface area contributed by atoms with Gasteiger partial charge >= 0.3 is 0 Å². The summed E-state index contributed by atoms with van der Waals surface area (Å²) in [6.45, 7) is 5.74. The van der Waals surface area contributed by atoms with E-state index < -0.39 is 0 Å². The molecule has 32 heavy (non-hydrogen) atoms. The lowest BCUT2D eigenvalue weighted by molar-refractivity contribution is 0.0943. The fourth-order valence-corrected chi connectivity index (χ4v) is 3.83. The molecule has 3 aromatic rings. The lowest BCUT2D eigenvalue weighted by Gasteiger charge is -2.36. The number of hydrogen-bond acceptors (Lipinski definition) is 5. The van der Waals surface area contributed by atoms with E-state index in [-0.39, 0.29) is 5.91 Å². The molecule has 2 heterocycles. The molecule has 0 unspecified atom stereocenters. The summed E-state index contributed by atoms with van der Waals surface area (Å²) in [7, 11) is 1.67. The van der Waals surface area contributed by atoms with Crippen LogP contribution in [-0.4, -0.2) is 62.2 Å². The largest absolute Gasteiger partial charge is 0.497 e. The summed E-state index contributed by atoms with van der Waals surface area (Å²) in [5.74, 6) is 1.68. The van der Waals surface area contributed by atoms with Gasteiger partial charge in [-0.15, -0.1) is 0 Å². The number of nitrogens with one attached hydrogen (secondary N) is 2. The molecule has 7 heteroatoms. The van der Waals surface area contributed by atoms with Gasteiger partial charge in [0, 0.05) is 45.5 Å². The number of piperazine rings is 1. The Hall–Kier alpha value is -3.45. The van der Waals surface area contributed by atoms with Gasteiger partial charge in [-0.25, -0.2) is 0 Å². The topological polar surface area (TPSA) is 69.8 Å². The van der Waals surface area contributed by atoms with E-state index in [0.29, 0.717) is 18.8 Å². The van der Waals surface area contributed by atoms with Crippen molar-refractivity contribution in [3.05, 3.63) is 78.1 Å². The molecule has 4 rings (SSSR count). The van der Waals surface area contributed by atoms with E-state index in [1.54, 1.807) is 19.4 Å². The van der Waals surface area contributed by atoms with Crippen LogP contribution in [0.25, 0.3) is 0 Å². The van der Waals surface area contributed by atoms with E-state index >= 15 is 0 Å². The lowest BCUT2D eigenvalue weighted by Crippen LogP contribution is -2.48. The quantitative estimate of drug-likeness (QED) is 0.542. The number of ether oxygens (including phenoxy) is 2. The van der Waals surface area contributed by atoms with Gasteiger partial charge in [-0.1, -0.05) is 24.3 Å². The zero-order valence-corrected chi connectivity index (χ0v) is 18.4. The number of H-pyrrole nitrogens is 1. The Morgan fingerprint density at radius 1 is 1.00 bits per heavy atom. The Bertz CT molecular complexity index is 981. The van der Waals surface area contributed by atoms with Crippen molar-refractivity contribution in [2.24, 2.45) is 0 Å². The van der Waals surface area contributed by atoms with Gasteiger partial charge in [0.25, 0.3) is 5.91 Å². The monoisotopic (exact) mass is 434 g/mol. The van der Waals surface area contributed by atoms with Crippen molar-refractivity contribution >= 4 is 11.6 Å². The highest BCUT2D eigenvalue weighted by Crippen LogP contribution is 2.29. The van der Waals surface area contributed by atoms with Crippen molar-refractivity contribution in [2.75, 3.05) is 51.3 Å². The molecule has 0 saturated carbocycles. The van der Waals surface area contributed by atoms with E-state index in [1.165, 1.54) is 0 Å². The standard InChI is InChI=1S/C25H30N4O3/c1-31-21-10-8-20(9-11-21)19-32-24-7-3-2-6-23(24)29-17-15-28(16-18-29)14-13-27-25(30)22-5-4-12-26-22/h2-12,26H,13-19H2,1H3,(H,27,30). The number of aromatic amines is 1. The maximum Gasteiger partial charge on any atom is 0.267 e. The third-order valence-corrected chi connectivity index (χ3v) is 5.69. The highest BCUT2D eigenvalue weighted by molar-refractivity contribution is 5.92. The van der Waals surface area contributed by atoms with E-state index in [1.807, 2.05) is 42.5 Å². The number of carbonyl (C=O) groups excluding carboxylic acids is 1. The number of anilines is 1. The lowest BCUT2D eigenvalue weighted by atomic mass is 10.2. The normalized spacial score (nSPS) is 14.2. The molecule has 1 amide bonds. The number of rotatable bonds is 9. The molecule has 0 bridgehead atoms. The first-order chi connectivity index (χ1) is 15.7. The third kappa shape index (κ3) is 5.62. The van der Waals surface area contributed by atoms with Crippen LogP contribution in [-0.2, 0) is 6.61 Å². The van der Waals surface area contributed by atoms with Crippen molar-refractivity contribution in [2.45, 2.75) is 6.61 Å². The summed E-state index contributed by atoms with van der Waals surface area (Å²) in [5.41, 5.74) is 2.83. The number of carbonyl (C=O) groups is 1. The summed E-state index contributed by atoms with van der Waals surface area (Å²) in [4.78, 5) is 19.7. The summed E-state index contributed by atoms with van der Waals surface area (Å²) in [6.07, 6.45) is 1.76. The average molecular weight is 435 g/mol. The first kappa shape index (κ1) is 21.8. The Labute approximate surface area is 188 Å². The molecule has 0 aliphatic carbocycles. The molecule has 0 spiro atoms. The van der Waals surface area contributed by atoms with E-state index in [0.717, 1.165) is 55.5 Å². The molecule has 7 nitrogen and oxygen atoms in total. The summed E-state index contributed by atoms with van der Waals surface area (Å²) in [5, 5.41) is 2.97. The van der Waals surface area contributed by atoms with Gasteiger partial charge in [-0.2, -0.15) is 0 Å². The first-order valence-corrected chi connectivity index (χ1v) is 11.0. The fourth-order valence-electron chi connectivity index (χ4n) is 3.83. The van der Waals surface area contributed by atoms with Gasteiger partial charge in [0.1, 0.15) is 23.8 Å². The molecule has 2 N–H and O–H groups in total. The van der Waals surface area contributed by atoms with E-state index in [9.17, 15) is 4.79 Å². The van der Waals surface area contributed by atoms with Crippen LogP contribution >= 0.6 is 0 Å². The zero-order valence-electron chi connectivity index (χ0n) is 18.4. The molecule has 0 radical (unpaired) electrons. The Morgan fingerprint density at radius 2 is 1.78 bits per heavy atom. The maximum absolute atomic E-state index is 12.0. The highest BCUT2D eigenvalue weighted by atomic mass is 16.5. The summed E-state index contributed by atoms with van der Waals surface area (Å²) < 4.78 is 11.4. The first-order valence-electron chi connectivity index (χ1n) is 11.0. The minimum Gasteiger partial charge on any atom is -0.497 e. The smallest absolute Gasteiger partial charge is 0.267 e. The van der Waals surface area contributed by atoms with Gasteiger partial charge < -0.3 is 24.7 Å². The second-order valence-electron chi connectivity index (χ2n) is 7.77. The number of hydrogen-bond donors (Lipinski definition) is 2. The summed E-state index contributed by atoms with van der Waals surface area (Å²) >= 11 is 0. The summed E-state index contributed by atoms with van der Waals surface area (Å²) in [6, 6.07) is 19.8. The number of para-hydroxylation sites is 2. The van der Waals surface area contributed by atoms with Gasteiger partial charge in [-0.3, -0.25) is 9.69 Å². The third-order valence-electron chi connectivity index (χ3n) is 5.69. The van der Waals surface area contributed by atoms with Crippen molar-refractivity contribution < 1.29 is 14.3 Å². The zero-order chi connectivity index (χ0) is 22.2. The molecular formula is C25H30N4O3. The van der Waals surface area contributed by atoms with E-state index in [4.69, 9.17) is 9.47 Å². The van der Waals surface area contributed by atoms with Gasteiger partial charge in [0.05, 0.1) is 12.8 Å². The molecule has 1 aromatic heterocycles. The molecule has 1 fully saturated rings. The van der Waals surface area contributed by atoms with Crippen LogP contribution in [0.15, 0.2) is 66.9 Å². The van der Waals surface area contributed by atoms with Crippen molar-refractivity contribution in [1.82, 2.24) is 15.2 Å². The van der Waals surface area contributed by atoms with Crippen molar-refractivity contribution in [3.63, 3.8) is 0 Å². The van der Waals surface area contributed by atoms with Crippen LogP contribution in [0.3, 0.4) is 0 Å². The minimum absolute atomic E-state index is 0.0587. The molecule has 1 saturated heterocycles. The number of methoxy groups -OCH3 is 1. The van der Waals surface area contributed by atoms with Crippen LogP contribution in [0.5, 0.6) is 11.5 Å². The van der Waals surface area contributed by atoms with Crippen LogP contribution in [0, 0.1) is 0 Å². The predicted octanol–water partition coefficient (Wildman–Crippen LogP) is 3.15. The SMILES string of the molecule is COc1ccc(COc2ccccc2N2CCN(CCNC(=O)c3ccc[nH]3)CC2)cc1. The minimum atomic E-state index is -0.0587. The molecule has 1 aliphatic rings. The molecule has 168 valence electrons. The number of aromatic nitrogens is 1. The predicted molar refractivity (Wildman–Crippen MR) is 126 cm³/mol. The maximum atomic E-state index is 12.0. The van der Waals surface area contributed by atoms with Gasteiger partial charge in [0.15, 0.2) is 0 Å². The average Bonchev–Trinajstić information content (AvgIpc) is 3.39. The Kier molecular flexibility index (Phi) is 7.30. The fraction of sp³-hybridized carbons (Fsp3) is 0.320. The van der Waals surface area contributed by atoms with Crippen LogP contribution < -0.4 is 19.7 Å². The second-order valence-corrected chi connectivity index (χ2v) is 7.77. The number of nitrogens with zero attached hydrogens (tertiary/aromatic N) is 2. The highest BCUT2D eigenvalue weighted by Gasteiger charge is 2.19. The van der Waals surface area contributed by atoms with Crippen molar-refractivity contribution in [3.8, 4) is 11.5 Å². The van der Waals surface area contributed by atoms with Gasteiger partial charge in [0.2, 0.25) is 0 Å². The number of amides is 1. The molecular weight excluding hydrogens is 404 g/mol. The van der Waals surface area contributed by atoms with Gasteiger partial charge in [-0.05, 0) is 42.0 Å². The van der Waals surface area contributed by atoms with Crippen molar-refractivity contribution in [1.29, 1.82) is 0 Å². The Balaban J connectivity index is 1.25. The molecule has 1 aliphatic heterocycles. The van der Waals surface area contributed by atoms with Crippen LogP contribution in [0.4, 0.5) is 5.69 Å².